The second kappa shape index (κ2) is 8.47. The topological polar surface area (TPSA) is 39.6 Å². The summed E-state index contributed by atoms with van der Waals surface area (Å²) in [7, 11) is 0. The fourth-order valence-corrected chi connectivity index (χ4v) is 2.83. The number of H-pyrrole nitrogens is 1. The highest BCUT2D eigenvalue weighted by atomic mass is 35.5. The van der Waals surface area contributed by atoms with Gasteiger partial charge in [0.15, 0.2) is 0 Å². The van der Waals surface area contributed by atoms with E-state index in [-0.39, 0.29) is 12.4 Å². The van der Waals surface area contributed by atoms with E-state index in [2.05, 4.69) is 23.2 Å². The summed E-state index contributed by atoms with van der Waals surface area (Å²) in [6, 6.07) is 28.4. The van der Waals surface area contributed by atoms with E-state index in [0.29, 0.717) is 5.55 Å². The van der Waals surface area contributed by atoms with Gasteiger partial charge < -0.3 is 16.8 Å². The summed E-state index contributed by atoms with van der Waals surface area (Å²) in [5.74, 6) is 1.58. The maximum absolute atomic E-state index is 6.10. The van der Waals surface area contributed by atoms with Crippen molar-refractivity contribution in [3.8, 4) is 22.5 Å². The standard InChI is InChI=1S/C23H18N2O.ClH/c1-17-9-8-14-24-23(17)25-22-16-20(18-10-4-2-5-11-18)15-21(26-22)19-12-6-3-7-13-19;/h2-16H,1H3;1H/b25-22+;. The van der Waals surface area contributed by atoms with Crippen LogP contribution in [-0.2, 0) is 0 Å². The number of aromatic amines is 1. The second-order valence-corrected chi connectivity index (χ2v) is 6.09. The minimum absolute atomic E-state index is 0. The predicted octanol–water partition coefficient (Wildman–Crippen LogP) is 1.97. The van der Waals surface area contributed by atoms with E-state index in [4.69, 9.17) is 9.41 Å². The molecule has 3 nitrogen and oxygen atoms in total. The Bertz CT molecular complexity index is 1030. The van der Waals surface area contributed by atoms with Crippen LogP contribution in [0, 0.1) is 6.92 Å². The third-order valence-corrected chi connectivity index (χ3v) is 4.20. The molecule has 0 spiro atoms. The number of hydrogen-bond acceptors (Lipinski definition) is 2. The van der Waals surface area contributed by atoms with Crippen molar-refractivity contribution < 1.29 is 21.8 Å². The molecule has 27 heavy (non-hydrogen) atoms. The van der Waals surface area contributed by atoms with Gasteiger partial charge in [-0.1, -0.05) is 60.7 Å². The molecule has 0 aliphatic heterocycles. The Morgan fingerprint density at radius 2 is 1.41 bits per heavy atom. The molecule has 0 radical (unpaired) electrons. The molecule has 1 N–H and O–H groups in total. The molecular weight excluding hydrogens is 356 g/mol. The first-order valence-corrected chi connectivity index (χ1v) is 8.58. The van der Waals surface area contributed by atoms with E-state index in [0.717, 1.165) is 33.8 Å². The molecule has 134 valence electrons. The molecule has 4 rings (SSSR count). The first-order valence-electron chi connectivity index (χ1n) is 8.58. The van der Waals surface area contributed by atoms with Crippen molar-refractivity contribution in [3.05, 3.63) is 102 Å². The van der Waals surface area contributed by atoms with Crippen LogP contribution in [0.5, 0.6) is 0 Å². The zero-order valence-electron chi connectivity index (χ0n) is 14.9. The van der Waals surface area contributed by atoms with Crippen molar-refractivity contribution in [3.63, 3.8) is 0 Å². The molecule has 0 saturated heterocycles. The van der Waals surface area contributed by atoms with Gasteiger partial charge >= 0.3 is 11.4 Å². The van der Waals surface area contributed by atoms with Crippen molar-refractivity contribution in [1.82, 2.24) is 0 Å². The van der Waals surface area contributed by atoms with Crippen molar-refractivity contribution in [2.75, 3.05) is 0 Å². The van der Waals surface area contributed by atoms with E-state index in [9.17, 15) is 0 Å². The zero-order chi connectivity index (χ0) is 17.8. The van der Waals surface area contributed by atoms with Gasteiger partial charge in [-0.05, 0) is 41.2 Å². The molecule has 0 amide bonds. The molecule has 2 aromatic heterocycles. The molecular formula is C23H19ClN2O. The number of nitrogens with one attached hydrogen (secondary N) is 1. The van der Waals surface area contributed by atoms with Gasteiger partial charge in [-0.15, -0.1) is 0 Å². The highest BCUT2D eigenvalue weighted by Crippen LogP contribution is 2.24. The summed E-state index contributed by atoms with van der Waals surface area (Å²) in [6.45, 7) is 2.02. The lowest BCUT2D eigenvalue weighted by atomic mass is 10.0. The predicted molar refractivity (Wildman–Crippen MR) is 103 cm³/mol. The first-order chi connectivity index (χ1) is 12.8. The quantitative estimate of drug-likeness (QED) is 0.540. The van der Waals surface area contributed by atoms with Crippen LogP contribution in [0.25, 0.3) is 22.5 Å². The van der Waals surface area contributed by atoms with E-state index in [1.54, 1.807) is 0 Å². The summed E-state index contributed by atoms with van der Waals surface area (Å²) < 4.78 is 6.10. The maximum Gasteiger partial charge on any atom is 0.334 e. The van der Waals surface area contributed by atoms with Crippen LogP contribution in [0.1, 0.15) is 5.56 Å². The SMILES string of the molecule is Cc1ccc[nH+]c1/N=c1\cc(-c2ccccc2)cc(-c2ccccc2)o1.[Cl-]. The van der Waals surface area contributed by atoms with E-state index in [1.807, 2.05) is 79.9 Å². The smallest absolute Gasteiger partial charge is 0.334 e. The Hall–Kier alpha value is -3.17. The highest BCUT2D eigenvalue weighted by molar-refractivity contribution is 5.69. The van der Waals surface area contributed by atoms with Crippen LogP contribution in [-0.4, -0.2) is 0 Å². The van der Waals surface area contributed by atoms with E-state index in [1.165, 1.54) is 0 Å². The lowest BCUT2D eigenvalue weighted by Gasteiger charge is -2.04. The molecule has 2 heterocycles. The summed E-state index contributed by atoms with van der Waals surface area (Å²) in [5, 5.41) is 0. The average molecular weight is 375 g/mol. The lowest BCUT2D eigenvalue weighted by molar-refractivity contribution is -0.363. The van der Waals surface area contributed by atoms with Gasteiger partial charge in [-0.2, -0.15) is 0 Å². The third-order valence-electron chi connectivity index (χ3n) is 4.20. The summed E-state index contributed by atoms with van der Waals surface area (Å²) in [6.07, 6.45) is 1.87. The first kappa shape index (κ1) is 18.6. The van der Waals surface area contributed by atoms with Crippen LogP contribution < -0.4 is 22.9 Å². The Kier molecular flexibility index (Phi) is 5.84. The third kappa shape index (κ3) is 4.33. The number of benzene rings is 2. The summed E-state index contributed by atoms with van der Waals surface area (Å²) in [5.41, 5.74) is 4.86. The molecule has 0 atom stereocenters. The Morgan fingerprint density at radius 1 is 0.741 bits per heavy atom. The summed E-state index contributed by atoms with van der Waals surface area (Å²) in [4.78, 5) is 7.87. The number of hydrogen-bond donors (Lipinski definition) is 0. The van der Waals surface area contributed by atoms with Crippen molar-refractivity contribution in [2.24, 2.45) is 4.99 Å². The molecule has 0 bridgehead atoms. The Morgan fingerprint density at radius 3 is 2.07 bits per heavy atom. The van der Waals surface area contributed by atoms with Gasteiger partial charge in [0.1, 0.15) is 5.76 Å². The van der Waals surface area contributed by atoms with Crippen molar-refractivity contribution in [2.45, 2.75) is 6.92 Å². The van der Waals surface area contributed by atoms with Gasteiger partial charge in [-0.3, -0.25) is 0 Å². The van der Waals surface area contributed by atoms with Gasteiger partial charge in [0.25, 0.3) is 0 Å². The summed E-state index contributed by atoms with van der Waals surface area (Å²) >= 11 is 0. The maximum atomic E-state index is 6.10. The van der Waals surface area contributed by atoms with Crippen LogP contribution in [0.4, 0.5) is 5.82 Å². The number of aromatic nitrogens is 1. The Labute approximate surface area is 164 Å². The second-order valence-electron chi connectivity index (χ2n) is 6.09. The molecule has 0 fully saturated rings. The van der Waals surface area contributed by atoms with Crippen molar-refractivity contribution in [1.29, 1.82) is 0 Å². The van der Waals surface area contributed by atoms with E-state index >= 15 is 0 Å². The molecule has 2 aromatic carbocycles. The highest BCUT2D eigenvalue weighted by Gasteiger charge is 2.10. The molecule has 0 aliphatic carbocycles. The average Bonchev–Trinajstić information content (AvgIpc) is 2.71. The number of pyridine rings is 1. The largest absolute Gasteiger partial charge is 1.00 e. The number of nitrogens with zero attached hydrogens (tertiary/aromatic N) is 1. The fraction of sp³-hybridized carbons (Fsp3) is 0.0435. The van der Waals surface area contributed by atoms with Gasteiger partial charge in [-0.25, -0.2) is 4.98 Å². The fourth-order valence-electron chi connectivity index (χ4n) is 2.83. The van der Waals surface area contributed by atoms with Crippen LogP contribution >= 0.6 is 0 Å². The number of aryl methyl sites for hydroxylation is 1. The molecule has 0 saturated carbocycles. The minimum Gasteiger partial charge on any atom is -1.00 e. The van der Waals surface area contributed by atoms with Crippen LogP contribution in [0.15, 0.2) is 101 Å². The zero-order valence-corrected chi connectivity index (χ0v) is 15.6. The van der Waals surface area contributed by atoms with E-state index < -0.39 is 0 Å². The monoisotopic (exact) mass is 374 g/mol. The minimum atomic E-state index is 0. The number of halogens is 1. The van der Waals surface area contributed by atoms with Crippen LogP contribution in [0.2, 0.25) is 0 Å². The van der Waals surface area contributed by atoms with Gasteiger partial charge in [0.05, 0.1) is 6.20 Å². The molecule has 0 unspecified atom stereocenters. The molecule has 4 aromatic rings. The Balaban J connectivity index is 0.00000210. The normalized spacial score (nSPS) is 11.1. The van der Waals surface area contributed by atoms with Crippen molar-refractivity contribution >= 4 is 5.82 Å². The number of rotatable bonds is 3. The lowest BCUT2D eigenvalue weighted by Crippen LogP contribution is -3.00. The molecule has 0 aliphatic rings. The van der Waals surface area contributed by atoms with Gasteiger partial charge in [0.2, 0.25) is 0 Å². The van der Waals surface area contributed by atoms with Crippen LogP contribution in [0.3, 0.4) is 0 Å². The molecule has 4 heteroatoms. The van der Waals surface area contributed by atoms with Gasteiger partial charge in [0, 0.05) is 17.2 Å².